The number of nitrogens with two attached hydrogens (primary N) is 1. The lowest BCUT2D eigenvalue weighted by Crippen LogP contribution is -1.99. The summed E-state index contributed by atoms with van der Waals surface area (Å²) in [5, 5.41) is 1.16. The van der Waals surface area contributed by atoms with Crippen LogP contribution in [0.4, 0.5) is 5.69 Å². The second-order valence-electron chi connectivity index (χ2n) is 3.98. The average molecular weight is 240 g/mol. The number of nitrogens with zero attached hydrogens (tertiary/aromatic N) is 2. The van der Waals surface area contributed by atoms with E-state index in [1.54, 1.807) is 6.20 Å². The maximum Gasteiger partial charge on any atom is 0.0692 e. The van der Waals surface area contributed by atoms with E-state index in [1.165, 1.54) is 11.3 Å². The first kappa shape index (κ1) is 12.8. The molecular weight excluding hydrogens is 222 g/mol. The van der Waals surface area contributed by atoms with Gasteiger partial charge in [-0.15, -0.1) is 12.4 Å². The first-order valence-electron chi connectivity index (χ1n) is 5.35. The summed E-state index contributed by atoms with van der Waals surface area (Å²) >= 11 is 0. The summed E-state index contributed by atoms with van der Waals surface area (Å²) in [6.07, 6.45) is 4.76. The van der Waals surface area contributed by atoms with Crippen molar-refractivity contribution in [2.24, 2.45) is 0 Å². The zero-order valence-electron chi connectivity index (χ0n) is 9.95. The lowest BCUT2D eigenvalue weighted by atomic mass is 10.2. The zero-order valence-corrected chi connectivity index (χ0v) is 10.8. The van der Waals surface area contributed by atoms with E-state index < -0.39 is 0 Å². The van der Waals surface area contributed by atoms with Crippen molar-refractivity contribution < 1.29 is 0 Å². The van der Waals surface area contributed by atoms with Crippen molar-refractivity contribution in [1.29, 1.82) is 0 Å². The van der Waals surface area contributed by atoms with Crippen molar-refractivity contribution in [2.75, 3.05) is 5.73 Å². The van der Waals surface area contributed by atoms with Crippen LogP contribution < -0.4 is 5.73 Å². The largest absolute Gasteiger partial charge is 0.397 e. The number of anilines is 1. The predicted molar refractivity (Wildman–Crippen MR) is 71.2 cm³/mol. The SMILES string of the molecule is CCCn1c(C)c(C)c2c(N)cncc21.Cl. The van der Waals surface area contributed by atoms with Gasteiger partial charge in [-0.25, -0.2) is 0 Å². The Morgan fingerprint density at radius 3 is 2.62 bits per heavy atom. The fraction of sp³-hybridized carbons (Fsp3) is 0.417. The van der Waals surface area contributed by atoms with Gasteiger partial charge >= 0.3 is 0 Å². The number of rotatable bonds is 2. The van der Waals surface area contributed by atoms with Crippen molar-refractivity contribution >= 4 is 29.0 Å². The molecule has 0 amide bonds. The van der Waals surface area contributed by atoms with E-state index >= 15 is 0 Å². The second-order valence-corrected chi connectivity index (χ2v) is 3.98. The summed E-state index contributed by atoms with van der Waals surface area (Å²) in [5.74, 6) is 0. The third-order valence-corrected chi connectivity index (χ3v) is 3.02. The molecule has 2 N–H and O–H groups in total. The molecule has 0 unspecified atom stereocenters. The minimum Gasteiger partial charge on any atom is -0.397 e. The summed E-state index contributed by atoms with van der Waals surface area (Å²) < 4.78 is 2.30. The number of nitrogen functional groups attached to an aromatic ring is 1. The van der Waals surface area contributed by atoms with Gasteiger partial charge < -0.3 is 10.3 Å². The molecule has 2 aromatic heterocycles. The minimum absolute atomic E-state index is 0. The number of fused-ring (bicyclic) bond motifs is 1. The molecule has 0 fully saturated rings. The quantitative estimate of drug-likeness (QED) is 0.875. The monoisotopic (exact) mass is 239 g/mol. The maximum atomic E-state index is 5.96. The van der Waals surface area contributed by atoms with Crippen molar-refractivity contribution in [3.8, 4) is 0 Å². The van der Waals surface area contributed by atoms with Crippen LogP contribution in [0, 0.1) is 13.8 Å². The van der Waals surface area contributed by atoms with Gasteiger partial charge in [0.05, 0.1) is 23.6 Å². The average Bonchev–Trinajstić information content (AvgIpc) is 2.45. The molecule has 0 aliphatic rings. The molecule has 88 valence electrons. The van der Waals surface area contributed by atoms with Gasteiger partial charge in [0.2, 0.25) is 0 Å². The van der Waals surface area contributed by atoms with Gasteiger partial charge in [0.15, 0.2) is 0 Å². The van der Waals surface area contributed by atoms with E-state index in [9.17, 15) is 0 Å². The van der Waals surface area contributed by atoms with Crippen LogP contribution in [-0.4, -0.2) is 9.55 Å². The highest BCUT2D eigenvalue weighted by Crippen LogP contribution is 2.28. The highest BCUT2D eigenvalue weighted by molar-refractivity contribution is 5.94. The molecule has 0 saturated heterocycles. The molecule has 4 heteroatoms. The van der Waals surface area contributed by atoms with Crippen molar-refractivity contribution in [3.63, 3.8) is 0 Å². The first-order valence-corrected chi connectivity index (χ1v) is 5.35. The predicted octanol–water partition coefficient (Wildman–Crippen LogP) is 3.07. The first-order chi connectivity index (χ1) is 7.16. The topological polar surface area (TPSA) is 43.8 Å². The third-order valence-electron chi connectivity index (χ3n) is 3.02. The molecule has 0 aliphatic carbocycles. The van der Waals surface area contributed by atoms with Gasteiger partial charge in [-0.1, -0.05) is 6.92 Å². The lowest BCUT2D eigenvalue weighted by molar-refractivity contribution is 0.683. The molecule has 2 aromatic rings. The normalized spacial score (nSPS) is 10.4. The molecule has 2 heterocycles. The highest BCUT2D eigenvalue weighted by atomic mass is 35.5. The van der Waals surface area contributed by atoms with Crippen LogP contribution in [0.3, 0.4) is 0 Å². The molecule has 0 spiro atoms. The molecule has 3 nitrogen and oxygen atoms in total. The number of hydrogen-bond acceptors (Lipinski definition) is 2. The second kappa shape index (κ2) is 4.74. The molecule has 0 atom stereocenters. The van der Waals surface area contributed by atoms with E-state index in [0.29, 0.717) is 0 Å². The number of halogens is 1. The Morgan fingerprint density at radius 1 is 1.31 bits per heavy atom. The zero-order chi connectivity index (χ0) is 11.0. The molecular formula is C12H18ClN3. The van der Waals surface area contributed by atoms with E-state index in [-0.39, 0.29) is 12.4 Å². The Hall–Kier alpha value is -1.22. The van der Waals surface area contributed by atoms with Gasteiger partial charge in [-0.2, -0.15) is 0 Å². The van der Waals surface area contributed by atoms with Gasteiger partial charge in [-0.3, -0.25) is 4.98 Å². The van der Waals surface area contributed by atoms with E-state index in [2.05, 4.69) is 30.3 Å². The van der Waals surface area contributed by atoms with Crippen molar-refractivity contribution in [2.45, 2.75) is 33.7 Å². The Bertz CT molecular complexity index is 502. The Morgan fingerprint density at radius 2 is 2.00 bits per heavy atom. The highest BCUT2D eigenvalue weighted by Gasteiger charge is 2.12. The summed E-state index contributed by atoms with van der Waals surface area (Å²) in [6.45, 7) is 7.48. The van der Waals surface area contributed by atoms with Gasteiger partial charge in [0, 0.05) is 17.6 Å². The van der Waals surface area contributed by atoms with Crippen molar-refractivity contribution in [3.05, 3.63) is 23.7 Å². The summed E-state index contributed by atoms with van der Waals surface area (Å²) in [5.41, 5.74) is 10.5. The van der Waals surface area contributed by atoms with Crippen LogP contribution in [0.25, 0.3) is 10.9 Å². The molecule has 0 saturated carbocycles. The molecule has 0 aromatic carbocycles. The smallest absolute Gasteiger partial charge is 0.0692 e. The van der Waals surface area contributed by atoms with E-state index in [0.717, 1.165) is 29.6 Å². The molecule has 0 aliphatic heterocycles. The van der Waals surface area contributed by atoms with E-state index in [1.807, 2.05) is 6.20 Å². The number of hydrogen-bond donors (Lipinski definition) is 1. The summed E-state index contributed by atoms with van der Waals surface area (Å²) in [7, 11) is 0. The molecule has 0 radical (unpaired) electrons. The van der Waals surface area contributed by atoms with Crippen LogP contribution in [0.5, 0.6) is 0 Å². The van der Waals surface area contributed by atoms with Crippen LogP contribution in [0.15, 0.2) is 12.4 Å². The number of aromatic nitrogens is 2. The van der Waals surface area contributed by atoms with E-state index in [4.69, 9.17) is 5.73 Å². The molecule has 0 bridgehead atoms. The Balaban J connectivity index is 0.00000128. The van der Waals surface area contributed by atoms with Crippen LogP contribution in [0.2, 0.25) is 0 Å². The number of pyridine rings is 1. The third kappa shape index (κ3) is 1.76. The van der Waals surface area contributed by atoms with Crippen LogP contribution in [0.1, 0.15) is 24.6 Å². The maximum absolute atomic E-state index is 5.96. The fourth-order valence-corrected chi connectivity index (χ4v) is 2.15. The van der Waals surface area contributed by atoms with Crippen LogP contribution >= 0.6 is 12.4 Å². The standard InChI is InChI=1S/C12H17N3.ClH/c1-4-5-15-9(3)8(2)12-10(13)6-14-7-11(12)15;/h6-7H,4-5,13H2,1-3H3;1H. The molecule has 2 rings (SSSR count). The minimum atomic E-state index is 0. The lowest BCUT2D eigenvalue weighted by Gasteiger charge is -2.05. The van der Waals surface area contributed by atoms with Gasteiger partial charge in [-0.05, 0) is 25.8 Å². The van der Waals surface area contributed by atoms with Gasteiger partial charge in [0.1, 0.15) is 0 Å². The fourth-order valence-electron chi connectivity index (χ4n) is 2.15. The number of aryl methyl sites for hydroxylation is 2. The Kier molecular flexibility index (Phi) is 3.81. The summed E-state index contributed by atoms with van der Waals surface area (Å²) in [4.78, 5) is 4.16. The van der Waals surface area contributed by atoms with Crippen molar-refractivity contribution in [1.82, 2.24) is 9.55 Å². The summed E-state index contributed by atoms with van der Waals surface area (Å²) in [6, 6.07) is 0. The van der Waals surface area contributed by atoms with Crippen LogP contribution in [-0.2, 0) is 6.54 Å². The Labute approximate surface area is 102 Å². The molecule has 16 heavy (non-hydrogen) atoms. The van der Waals surface area contributed by atoms with Gasteiger partial charge in [0.25, 0.3) is 0 Å².